The lowest BCUT2D eigenvalue weighted by atomic mass is 10.1. The van der Waals surface area contributed by atoms with Crippen molar-refractivity contribution in [3.63, 3.8) is 0 Å². The van der Waals surface area contributed by atoms with E-state index >= 15 is 0 Å². The number of para-hydroxylation sites is 1. The van der Waals surface area contributed by atoms with Crippen LogP contribution in [0.15, 0.2) is 30.5 Å². The van der Waals surface area contributed by atoms with Crippen LogP contribution in [0.25, 0.3) is 0 Å². The summed E-state index contributed by atoms with van der Waals surface area (Å²) in [6.45, 7) is 5.22. The summed E-state index contributed by atoms with van der Waals surface area (Å²) in [6.07, 6.45) is 1.92. The fraction of sp³-hybridized carbons (Fsp3) is 0.333. The van der Waals surface area contributed by atoms with Gasteiger partial charge in [0.05, 0.1) is 11.3 Å². The molecule has 1 aromatic carbocycles. The third kappa shape index (κ3) is 3.17. The van der Waals surface area contributed by atoms with Crippen molar-refractivity contribution in [3.05, 3.63) is 47.3 Å². The van der Waals surface area contributed by atoms with Crippen molar-refractivity contribution >= 4 is 11.6 Å². The van der Waals surface area contributed by atoms with Crippen LogP contribution in [0.3, 0.4) is 0 Å². The highest BCUT2D eigenvalue weighted by molar-refractivity contribution is 5.99. The van der Waals surface area contributed by atoms with Crippen LogP contribution >= 0.6 is 0 Å². The molecular formula is C15H20N4O. The van der Waals surface area contributed by atoms with E-state index in [1.807, 2.05) is 51.4 Å². The number of nitrogens with zero attached hydrogens (tertiary/aromatic N) is 2. The number of carbonyl (C=O) groups excluding carboxylic acids is 1. The molecule has 1 heterocycles. The first kappa shape index (κ1) is 14.1. The molecule has 1 amide bonds. The van der Waals surface area contributed by atoms with E-state index in [0.717, 1.165) is 23.5 Å². The largest absolute Gasteiger partial charge is 0.385 e. The highest BCUT2D eigenvalue weighted by atomic mass is 16.1. The van der Waals surface area contributed by atoms with Crippen LogP contribution in [0, 0.1) is 6.92 Å². The summed E-state index contributed by atoms with van der Waals surface area (Å²) in [7, 11) is 1.87. The summed E-state index contributed by atoms with van der Waals surface area (Å²) in [6, 6.07) is 7.52. The SMILES string of the molecule is CCNc1ccccc1C(=O)NCc1cn(C)nc1C. The Morgan fingerprint density at radius 3 is 2.75 bits per heavy atom. The minimum absolute atomic E-state index is 0.0789. The van der Waals surface area contributed by atoms with E-state index in [1.54, 1.807) is 4.68 Å². The Kier molecular flexibility index (Phi) is 4.40. The fourth-order valence-corrected chi connectivity index (χ4v) is 2.12. The van der Waals surface area contributed by atoms with Crippen molar-refractivity contribution in [2.24, 2.45) is 7.05 Å². The molecule has 0 bridgehead atoms. The number of carbonyl (C=O) groups is 1. The predicted octanol–water partition coefficient (Wildman–Crippen LogP) is 2.09. The lowest BCUT2D eigenvalue weighted by Gasteiger charge is -2.10. The first-order valence-electron chi connectivity index (χ1n) is 6.72. The van der Waals surface area contributed by atoms with Crippen LogP contribution in [0.4, 0.5) is 5.69 Å². The van der Waals surface area contributed by atoms with Crippen LogP contribution < -0.4 is 10.6 Å². The van der Waals surface area contributed by atoms with E-state index in [0.29, 0.717) is 12.1 Å². The monoisotopic (exact) mass is 272 g/mol. The third-order valence-electron chi connectivity index (χ3n) is 3.09. The van der Waals surface area contributed by atoms with E-state index in [2.05, 4.69) is 15.7 Å². The summed E-state index contributed by atoms with van der Waals surface area (Å²) in [5.74, 6) is -0.0789. The fourth-order valence-electron chi connectivity index (χ4n) is 2.12. The molecule has 5 nitrogen and oxygen atoms in total. The van der Waals surface area contributed by atoms with Crippen molar-refractivity contribution < 1.29 is 4.79 Å². The van der Waals surface area contributed by atoms with Crippen molar-refractivity contribution in [2.75, 3.05) is 11.9 Å². The molecule has 0 aliphatic heterocycles. The number of aryl methyl sites for hydroxylation is 2. The Hall–Kier alpha value is -2.30. The van der Waals surface area contributed by atoms with Crippen LogP contribution in [0.2, 0.25) is 0 Å². The van der Waals surface area contributed by atoms with Crippen molar-refractivity contribution in [3.8, 4) is 0 Å². The number of hydrogen-bond donors (Lipinski definition) is 2. The van der Waals surface area contributed by atoms with Gasteiger partial charge >= 0.3 is 0 Å². The Morgan fingerprint density at radius 2 is 2.10 bits per heavy atom. The summed E-state index contributed by atoms with van der Waals surface area (Å²) in [5.41, 5.74) is 3.49. The van der Waals surface area contributed by atoms with Gasteiger partial charge in [0, 0.05) is 37.6 Å². The molecule has 0 atom stereocenters. The molecule has 2 N–H and O–H groups in total. The smallest absolute Gasteiger partial charge is 0.253 e. The zero-order valence-corrected chi connectivity index (χ0v) is 12.1. The van der Waals surface area contributed by atoms with Gasteiger partial charge in [-0.25, -0.2) is 0 Å². The molecule has 0 radical (unpaired) electrons. The number of amides is 1. The lowest BCUT2D eigenvalue weighted by Crippen LogP contribution is -2.24. The van der Waals surface area contributed by atoms with Gasteiger partial charge in [0.2, 0.25) is 0 Å². The summed E-state index contributed by atoms with van der Waals surface area (Å²) in [5, 5.41) is 10.4. The first-order valence-corrected chi connectivity index (χ1v) is 6.72. The Bertz CT molecular complexity index is 604. The van der Waals surface area contributed by atoms with Gasteiger partial charge in [-0.15, -0.1) is 0 Å². The minimum Gasteiger partial charge on any atom is -0.385 e. The lowest BCUT2D eigenvalue weighted by molar-refractivity contribution is 0.0951. The average Bonchev–Trinajstić information content (AvgIpc) is 2.75. The topological polar surface area (TPSA) is 59.0 Å². The normalized spacial score (nSPS) is 10.3. The van der Waals surface area contributed by atoms with Gasteiger partial charge in [-0.1, -0.05) is 12.1 Å². The molecule has 20 heavy (non-hydrogen) atoms. The summed E-state index contributed by atoms with van der Waals surface area (Å²) in [4.78, 5) is 12.3. The van der Waals surface area contributed by atoms with Gasteiger partial charge in [0.1, 0.15) is 0 Å². The van der Waals surface area contributed by atoms with E-state index in [9.17, 15) is 4.79 Å². The van der Waals surface area contributed by atoms with Crippen molar-refractivity contribution in [1.29, 1.82) is 0 Å². The Labute approximate surface area is 119 Å². The molecule has 0 aliphatic rings. The third-order valence-corrected chi connectivity index (χ3v) is 3.09. The number of anilines is 1. The maximum absolute atomic E-state index is 12.3. The zero-order valence-electron chi connectivity index (χ0n) is 12.1. The van der Waals surface area contributed by atoms with Gasteiger partial charge in [0.25, 0.3) is 5.91 Å². The average molecular weight is 272 g/mol. The van der Waals surface area contributed by atoms with Gasteiger partial charge in [-0.2, -0.15) is 5.10 Å². The number of nitrogens with one attached hydrogen (secondary N) is 2. The minimum atomic E-state index is -0.0789. The van der Waals surface area contributed by atoms with Crippen molar-refractivity contribution in [2.45, 2.75) is 20.4 Å². The Balaban J connectivity index is 2.07. The second-order valence-corrected chi connectivity index (χ2v) is 4.67. The molecule has 2 aromatic rings. The van der Waals surface area contributed by atoms with E-state index in [-0.39, 0.29) is 5.91 Å². The number of rotatable bonds is 5. The van der Waals surface area contributed by atoms with Crippen LogP contribution in [0.1, 0.15) is 28.5 Å². The summed E-state index contributed by atoms with van der Waals surface area (Å²) < 4.78 is 1.75. The van der Waals surface area contributed by atoms with Crippen molar-refractivity contribution in [1.82, 2.24) is 15.1 Å². The molecule has 0 saturated heterocycles. The van der Waals surface area contributed by atoms with Gasteiger partial charge < -0.3 is 10.6 Å². The second-order valence-electron chi connectivity index (χ2n) is 4.67. The van der Waals surface area contributed by atoms with E-state index in [1.165, 1.54) is 0 Å². The summed E-state index contributed by atoms with van der Waals surface area (Å²) >= 11 is 0. The highest BCUT2D eigenvalue weighted by Crippen LogP contribution is 2.15. The maximum Gasteiger partial charge on any atom is 0.253 e. The van der Waals surface area contributed by atoms with Crippen LogP contribution in [0.5, 0.6) is 0 Å². The molecule has 0 saturated carbocycles. The molecule has 0 spiro atoms. The zero-order chi connectivity index (χ0) is 14.5. The molecule has 5 heteroatoms. The van der Waals surface area contributed by atoms with Gasteiger partial charge in [-0.05, 0) is 26.0 Å². The van der Waals surface area contributed by atoms with Gasteiger partial charge in [-0.3, -0.25) is 9.48 Å². The van der Waals surface area contributed by atoms with Crippen LogP contribution in [-0.2, 0) is 13.6 Å². The number of aromatic nitrogens is 2. The standard InChI is InChI=1S/C15H20N4O/c1-4-16-14-8-6-5-7-13(14)15(20)17-9-12-10-19(3)18-11(12)2/h5-8,10,16H,4,9H2,1-3H3,(H,17,20). The molecule has 2 rings (SSSR count). The van der Waals surface area contributed by atoms with Crippen LogP contribution in [-0.4, -0.2) is 22.2 Å². The molecular weight excluding hydrogens is 252 g/mol. The van der Waals surface area contributed by atoms with Gasteiger partial charge in [0.15, 0.2) is 0 Å². The molecule has 1 aromatic heterocycles. The second kappa shape index (κ2) is 6.23. The quantitative estimate of drug-likeness (QED) is 0.876. The molecule has 0 aliphatic carbocycles. The maximum atomic E-state index is 12.3. The Morgan fingerprint density at radius 1 is 1.35 bits per heavy atom. The van der Waals surface area contributed by atoms with E-state index < -0.39 is 0 Å². The predicted molar refractivity (Wildman–Crippen MR) is 79.7 cm³/mol. The molecule has 106 valence electrons. The van der Waals surface area contributed by atoms with E-state index in [4.69, 9.17) is 0 Å². The number of benzene rings is 1. The number of hydrogen-bond acceptors (Lipinski definition) is 3. The highest BCUT2D eigenvalue weighted by Gasteiger charge is 2.11. The first-order chi connectivity index (χ1) is 9.61. The molecule has 0 unspecified atom stereocenters. The molecule has 0 fully saturated rings.